The number of carbonyl (C=O) groups excluding carboxylic acids is 1. The van der Waals surface area contributed by atoms with Gasteiger partial charge in [-0.1, -0.05) is 18.0 Å². The molecule has 0 amide bonds. The number of ether oxygens (including phenoxy) is 2. The van der Waals surface area contributed by atoms with Crippen LogP contribution >= 0.6 is 11.6 Å². The Hall–Kier alpha value is -2.85. The summed E-state index contributed by atoms with van der Waals surface area (Å²) in [7, 11) is 0. The Labute approximate surface area is 180 Å². The second kappa shape index (κ2) is 11.0. The molecule has 0 spiro atoms. The van der Waals surface area contributed by atoms with E-state index in [0.29, 0.717) is 25.3 Å². The number of alkyl halides is 3. The van der Waals surface area contributed by atoms with Gasteiger partial charge in [0, 0.05) is 18.7 Å². The van der Waals surface area contributed by atoms with E-state index in [2.05, 4.69) is 0 Å². The maximum Gasteiger partial charge on any atom is 0.416 e. The lowest BCUT2D eigenvalue weighted by Gasteiger charge is -2.12. The van der Waals surface area contributed by atoms with Crippen LogP contribution in [-0.4, -0.2) is 29.2 Å². The Balaban J connectivity index is 2.16. The topological polar surface area (TPSA) is 98.9 Å². The predicted octanol–water partition coefficient (Wildman–Crippen LogP) is 5.77. The van der Waals surface area contributed by atoms with Crippen LogP contribution in [-0.2, 0) is 10.9 Å². The number of nitro groups is 1. The fraction of sp³-hybridized carbons (Fsp3) is 0.350. The first-order valence-electron chi connectivity index (χ1n) is 9.24. The quantitative estimate of drug-likeness (QED) is 0.209. The Bertz CT molecular complexity index is 936. The van der Waals surface area contributed by atoms with E-state index in [-0.39, 0.29) is 35.3 Å². The molecule has 0 aliphatic carbocycles. The summed E-state index contributed by atoms with van der Waals surface area (Å²) in [4.78, 5) is 22.8. The lowest BCUT2D eigenvalue weighted by atomic mass is 10.1. The average Bonchev–Trinajstić information content (AvgIpc) is 2.71. The Kier molecular flexibility index (Phi) is 8.64. The van der Waals surface area contributed by atoms with Gasteiger partial charge in [0.25, 0.3) is 5.69 Å². The minimum Gasteiger partial charge on any atom is -0.462 e. The third kappa shape index (κ3) is 7.11. The molecule has 2 aromatic rings. The van der Waals surface area contributed by atoms with Gasteiger partial charge in [-0.25, -0.2) is 4.79 Å². The van der Waals surface area contributed by atoms with E-state index in [0.717, 1.165) is 30.7 Å². The normalized spacial score (nSPS) is 11.3. The fourth-order valence-electron chi connectivity index (χ4n) is 2.60. The van der Waals surface area contributed by atoms with Gasteiger partial charge in [-0.2, -0.15) is 13.2 Å². The summed E-state index contributed by atoms with van der Waals surface area (Å²) in [6.45, 7) is 0.110. The Morgan fingerprint density at radius 2 is 1.81 bits per heavy atom. The zero-order chi connectivity index (χ0) is 23.0. The number of nitrogens with zero attached hydrogens (tertiary/aromatic N) is 1. The highest BCUT2D eigenvalue weighted by Gasteiger charge is 2.31. The van der Waals surface area contributed by atoms with Crippen molar-refractivity contribution in [1.29, 1.82) is 0 Å². The summed E-state index contributed by atoms with van der Waals surface area (Å²) in [6.07, 6.45) is -1.95. The summed E-state index contributed by atoms with van der Waals surface area (Å²) in [5, 5.41) is 19.6. The van der Waals surface area contributed by atoms with E-state index in [1.165, 1.54) is 6.07 Å². The lowest BCUT2D eigenvalue weighted by molar-refractivity contribution is -0.385. The number of esters is 1. The number of carbonyl (C=O) groups is 1. The van der Waals surface area contributed by atoms with Crippen molar-refractivity contribution < 1.29 is 37.5 Å². The molecular formula is C20H19ClF3NO6. The number of aliphatic hydroxyl groups excluding tert-OH is 1. The largest absolute Gasteiger partial charge is 0.462 e. The number of aliphatic hydroxyl groups is 1. The number of benzene rings is 2. The van der Waals surface area contributed by atoms with Crippen LogP contribution in [0.3, 0.4) is 0 Å². The molecule has 0 unspecified atom stereocenters. The predicted molar refractivity (Wildman–Crippen MR) is 105 cm³/mol. The van der Waals surface area contributed by atoms with E-state index in [4.69, 9.17) is 26.2 Å². The van der Waals surface area contributed by atoms with Gasteiger partial charge in [0.1, 0.15) is 17.1 Å². The molecule has 11 heteroatoms. The summed E-state index contributed by atoms with van der Waals surface area (Å²) in [5.41, 5.74) is -1.83. The van der Waals surface area contributed by atoms with Crippen LogP contribution in [0.15, 0.2) is 36.4 Å². The van der Waals surface area contributed by atoms with Gasteiger partial charge >= 0.3 is 12.1 Å². The summed E-state index contributed by atoms with van der Waals surface area (Å²) < 4.78 is 48.7. The van der Waals surface area contributed by atoms with Crippen molar-refractivity contribution in [3.8, 4) is 11.5 Å². The summed E-state index contributed by atoms with van der Waals surface area (Å²) >= 11 is 5.85. The number of nitro benzene ring substituents is 1. The fourth-order valence-corrected chi connectivity index (χ4v) is 2.82. The highest BCUT2D eigenvalue weighted by Crippen LogP contribution is 2.37. The lowest BCUT2D eigenvalue weighted by Crippen LogP contribution is -2.09. The van der Waals surface area contributed by atoms with Gasteiger partial charge in [-0.3, -0.25) is 10.1 Å². The van der Waals surface area contributed by atoms with Crippen molar-refractivity contribution >= 4 is 23.3 Å². The maximum absolute atomic E-state index is 12.8. The Morgan fingerprint density at radius 3 is 2.42 bits per heavy atom. The van der Waals surface area contributed by atoms with E-state index in [9.17, 15) is 28.1 Å². The van der Waals surface area contributed by atoms with Crippen LogP contribution in [0.1, 0.15) is 41.6 Å². The molecule has 2 aromatic carbocycles. The van der Waals surface area contributed by atoms with Crippen LogP contribution in [0, 0.1) is 10.1 Å². The zero-order valence-corrected chi connectivity index (χ0v) is 16.9. The van der Waals surface area contributed by atoms with Crippen LogP contribution < -0.4 is 4.74 Å². The molecule has 0 saturated carbocycles. The van der Waals surface area contributed by atoms with Crippen molar-refractivity contribution in [2.24, 2.45) is 0 Å². The monoisotopic (exact) mass is 461 g/mol. The molecular weight excluding hydrogens is 443 g/mol. The molecule has 0 radical (unpaired) electrons. The average molecular weight is 462 g/mol. The van der Waals surface area contributed by atoms with Crippen molar-refractivity contribution in [2.45, 2.75) is 31.9 Å². The van der Waals surface area contributed by atoms with Crippen molar-refractivity contribution in [3.63, 3.8) is 0 Å². The molecule has 0 aromatic heterocycles. The molecule has 168 valence electrons. The zero-order valence-electron chi connectivity index (χ0n) is 16.2. The standard InChI is InChI=1S/C20H19ClF3NO6/c21-16-11-13(20(22,23)24)5-8-18(16)31-14-6-7-17(25(28)29)15(12-14)19(27)30-10-4-2-1-3-9-26/h5-8,11-12,26H,1-4,9-10H2. The van der Waals surface area contributed by atoms with Crippen LogP contribution in [0.2, 0.25) is 5.02 Å². The highest BCUT2D eigenvalue weighted by molar-refractivity contribution is 6.32. The van der Waals surface area contributed by atoms with Crippen LogP contribution in [0.5, 0.6) is 11.5 Å². The molecule has 0 heterocycles. The summed E-state index contributed by atoms with van der Waals surface area (Å²) in [6, 6.07) is 5.77. The molecule has 0 aliphatic heterocycles. The van der Waals surface area contributed by atoms with Gasteiger partial charge in [0.2, 0.25) is 0 Å². The van der Waals surface area contributed by atoms with E-state index >= 15 is 0 Å². The third-order valence-electron chi connectivity index (χ3n) is 4.16. The molecule has 1 N–H and O–H groups in total. The molecule has 0 aliphatic rings. The first-order chi connectivity index (χ1) is 14.6. The summed E-state index contributed by atoms with van der Waals surface area (Å²) in [5.74, 6) is -1.09. The molecule has 0 atom stereocenters. The first kappa shape index (κ1) is 24.4. The van der Waals surface area contributed by atoms with Crippen molar-refractivity contribution in [2.75, 3.05) is 13.2 Å². The SMILES string of the molecule is O=C(OCCCCCCO)c1cc(Oc2ccc(C(F)(F)F)cc2Cl)ccc1[N+](=O)[O-]. The Morgan fingerprint density at radius 1 is 1.10 bits per heavy atom. The van der Waals surface area contributed by atoms with E-state index in [1.54, 1.807) is 0 Å². The molecule has 31 heavy (non-hydrogen) atoms. The molecule has 0 saturated heterocycles. The maximum atomic E-state index is 12.8. The van der Waals surface area contributed by atoms with Crippen molar-refractivity contribution in [1.82, 2.24) is 0 Å². The van der Waals surface area contributed by atoms with Crippen molar-refractivity contribution in [3.05, 3.63) is 62.7 Å². The molecule has 7 nitrogen and oxygen atoms in total. The van der Waals surface area contributed by atoms with Gasteiger partial charge in [-0.05, 0) is 43.5 Å². The second-order valence-electron chi connectivity index (χ2n) is 6.45. The van der Waals surface area contributed by atoms with Crippen LogP contribution in [0.4, 0.5) is 18.9 Å². The van der Waals surface area contributed by atoms with E-state index < -0.39 is 28.3 Å². The number of hydrogen-bond acceptors (Lipinski definition) is 6. The number of hydrogen-bond donors (Lipinski definition) is 1. The number of halogens is 4. The van der Waals surface area contributed by atoms with Gasteiger partial charge in [-0.15, -0.1) is 0 Å². The smallest absolute Gasteiger partial charge is 0.416 e. The van der Waals surface area contributed by atoms with Crippen LogP contribution in [0.25, 0.3) is 0 Å². The highest BCUT2D eigenvalue weighted by atomic mass is 35.5. The third-order valence-corrected chi connectivity index (χ3v) is 4.45. The van der Waals surface area contributed by atoms with Gasteiger partial charge in [0.05, 0.1) is 22.1 Å². The number of rotatable bonds is 10. The number of unbranched alkanes of at least 4 members (excludes halogenated alkanes) is 3. The van der Waals surface area contributed by atoms with Gasteiger partial charge < -0.3 is 14.6 Å². The molecule has 0 fully saturated rings. The molecule has 2 rings (SSSR count). The van der Waals surface area contributed by atoms with Gasteiger partial charge in [0.15, 0.2) is 0 Å². The minimum atomic E-state index is -4.58. The second-order valence-corrected chi connectivity index (χ2v) is 6.86. The molecule has 0 bridgehead atoms. The van der Waals surface area contributed by atoms with E-state index in [1.807, 2.05) is 0 Å². The first-order valence-corrected chi connectivity index (χ1v) is 9.62. The minimum absolute atomic E-state index is 0.0389.